The van der Waals surface area contributed by atoms with Gasteiger partial charge in [0.1, 0.15) is 12.4 Å². The average molecular weight is 202 g/mol. The van der Waals surface area contributed by atoms with Gasteiger partial charge in [-0.25, -0.2) is 0 Å². The molecule has 0 amide bonds. The highest BCUT2D eigenvalue weighted by atomic mass is 16.5. The van der Waals surface area contributed by atoms with E-state index in [1.807, 2.05) is 19.1 Å². The molecule has 1 aromatic carbocycles. The monoisotopic (exact) mass is 202 g/mol. The molecule has 1 rings (SSSR count). The molecule has 0 N–H and O–H groups in total. The molecule has 0 aliphatic carbocycles. The van der Waals surface area contributed by atoms with E-state index in [4.69, 9.17) is 4.74 Å². The van der Waals surface area contributed by atoms with Gasteiger partial charge in [0.2, 0.25) is 0 Å². The first-order valence-corrected chi connectivity index (χ1v) is 5.40. The summed E-state index contributed by atoms with van der Waals surface area (Å²) in [6, 6.07) is 8.28. The Morgan fingerprint density at radius 1 is 1.27 bits per heavy atom. The van der Waals surface area contributed by atoms with Crippen molar-refractivity contribution in [3.05, 3.63) is 29.8 Å². The van der Waals surface area contributed by atoms with Gasteiger partial charge < -0.3 is 4.74 Å². The van der Waals surface area contributed by atoms with E-state index in [2.05, 4.69) is 37.8 Å². The first kappa shape index (κ1) is 11.7. The van der Waals surface area contributed by atoms with E-state index in [-0.39, 0.29) is 0 Å². The normalized spacial score (nSPS) is 11.4. The lowest BCUT2D eigenvalue weighted by Crippen LogP contribution is -1.95. The predicted octanol–water partition coefficient (Wildman–Crippen LogP) is 3.60. The molecule has 0 fully saturated rings. The minimum atomic E-state index is 0.471. The van der Waals surface area contributed by atoms with Crippen molar-refractivity contribution in [2.45, 2.75) is 33.1 Å². The van der Waals surface area contributed by atoms with Crippen molar-refractivity contribution >= 4 is 0 Å². The standard InChI is InChI=1S/C14H18O/c1-4-6-11-15-14-9-7-13(8-10-14)12(3)5-2/h7-10,12H,5,11H2,1-3H3. The van der Waals surface area contributed by atoms with E-state index in [1.54, 1.807) is 0 Å². The van der Waals surface area contributed by atoms with Crippen molar-refractivity contribution in [2.75, 3.05) is 6.61 Å². The summed E-state index contributed by atoms with van der Waals surface area (Å²) in [7, 11) is 0. The fraction of sp³-hybridized carbons (Fsp3) is 0.429. The summed E-state index contributed by atoms with van der Waals surface area (Å²) >= 11 is 0. The van der Waals surface area contributed by atoms with Crippen LogP contribution >= 0.6 is 0 Å². The molecule has 0 aromatic heterocycles. The maximum atomic E-state index is 5.44. The number of hydrogen-bond donors (Lipinski definition) is 0. The summed E-state index contributed by atoms with van der Waals surface area (Å²) in [6.45, 7) is 6.72. The van der Waals surface area contributed by atoms with Gasteiger partial charge in [-0.3, -0.25) is 0 Å². The van der Waals surface area contributed by atoms with Crippen LogP contribution in [0.5, 0.6) is 5.75 Å². The lowest BCUT2D eigenvalue weighted by atomic mass is 9.99. The minimum absolute atomic E-state index is 0.471. The van der Waals surface area contributed by atoms with Gasteiger partial charge in [-0.2, -0.15) is 0 Å². The maximum absolute atomic E-state index is 5.44. The lowest BCUT2D eigenvalue weighted by Gasteiger charge is -2.09. The Bertz CT molecular complexity index is 340. The largest absolute Gasteiger partial charge is 0.481 e. The minimum Gasteiger partial charge on any atom is -0.481 e. The van der Waals surface area contributed by atoms with E-state index in [0.29, 0.717) is 12.5 Å². The van der Waals surface area contributed by atoms with E-state index in [9.17, 15) is 0 Å². The molecular weight excluding hydrogens is 184 g/mol. The highest BCUT2D eigenvalue weighted by molar-refractivity contribution is 5.29. The number of rotatable bonds is 4. The molecule has 0 bridgehead atoms. The third kappa shape index (κ3) is 3.67. The Hall–Kier alpha value is -1.42. The highest BCUT2D eigenvalue weighted by Crippen LogP contribution is 2.21. The molecule has 0 heterocycles. The molecule has 0 radical (unpaired) electrons. The van der Waals surface area contributed by atoms with Gasteiger partial charge in [0.25, 0.3) is 0 Å². The maximum Gasteiger partial charge on any atom is 0.149 e. The summed E-state index contributed by atoms with van der Waals surface area (Å²) in [6.07, 6.45) is 1.17. The van der Waals surface area contributed by atoms with Gasteiger partial charge in [0.05, 0.1) is 0 Å². The zero-order chi connectivity index (χ0) is 11.1. The highest BCUT2D eigenvalue weighted by Gasteiger charge is 2.02. The SMILES string of the molecule is CC#CCOc1ccc(C(C)CC)cc1. The molecule has 15 heavy (non-hydrogen) atoms. The fourth-order valence-electron chi connectivity index (χ4n) is 1.32. The molecule has 0 saturated heterocycles. The topological polar surface area (TPSA) is 9.23 Å². The Kier molecular flexibility index (Phi) is 4.77. The smallest absolute Gasteiger partial charge is 0.149 e. The Balaban J connectivity index is 2.58. The van der Waals surface area contributed by atoms with E-state index >= 15 is 0 Å². The van der Waals surface area contributed by atoms with Gasteiger partial charge in [-0.05, 0) is 37.0 Å². The van der Waals surface area contributed by atoms with Crippen LogP contribution in [0.15, 0.2) is 24.3 Å². The second-order valence-corrected chi connectivity index (χ2v) is 3.59. The molecule has 0 spiro atoms. The van der Waals surface area contributed by atoms with Crippen molar-refractivity contribution < 1.29 is 4.74 Å². The van der Waals surface area contributed by atoms with Crippen molar-refractivity contribution in [3.8, 4) is 17.6 Å². The Labute approximate surface area is 92.5 Å². The van der Waals surface area contributed by atoms with Crippen LogP contribution in [0.4, 0.5) is 0 Å². The molecule has 0 aliphatic rings. The number of ether oxygens (including phenoxy) is 1. The van der Waals surface area contributed by atoms with Gasteiger partial charge in [-0.1, -0.05) is 31.9 Å². The molecule has 1 unspecified atom stereocenters. The molecule has 1 heteroatoms. The third-order valence-electron chi connectivity index (χ3n) is 2.55. The van der Waals surface area contributed by atoms with Gasteiger partial charge in [0, 0.05) is 0 Å². The Morgan fingerprint density at radius 2 is 1.93 bits per heavy atom. The lowest BCUT2D eigenvalue weighted by molar-refractivity contribution is 0.370. The molecule has 80 valence electrons. The summed E-state index contributed by atoms with van der Waals surface area (Å²) < 4.78 is 5.44. The molecule has 1 nitrogen and oxygen atoms in total. The van der Waals surface area contributed by atoms with Crippen molar-refractivity contribution in [2.24, 2.45) is 0 Å². The fourth-order valence-corrected chi connectivity index (χ4v) is 1.32. The van der Waals surface area contributed by atoms with Crippen molar-refractivity contribution in [3.63, 3.8) is 0 Å². The van der Waals surface area contributed by atoms with Crippen molar-refractivity contribution in [1.82, 2.24) is 0 Å². The summed E-state index contributed by atoms with van der Waals surface area (Å²) in [5.41, 5.74) is 1.37. The summed E-state index contributed by atoms with van der Waals surface area (Å²) in [5, 5.41) is 0. The quantitative estimate of drug-likeness (QED) is 0.678. The predicted molar refractivity (Wildman–Crippen MR) is 64.1 cm³/mol. The molecule has 0 aliphatic heterocycles. The van der Waals surface area contributed by atoms with Gasteiger partial charge in [-0.15, -0.1) is 5.92 Å². The third-order valence-corrected chi connectivity index (χ3v) is 2.55. The Morgan fingerprint density at radius 3 is 2.47 bits per heavy atom. The number of hydrogen-bond acceptors (Lipinski definition) is 1. The zero-order valence-corrected chi connectivity index (χ0v) is 9.71. The van der Waals surface area contributed by atoms with Crippen molar-refractivity contribution in [1.29, 1.82) is 0 Å². The van der Waals surface area contributed by atoms with E-state index < -0.39 is 0 Å². The first-order chi connectivity index (χ1) is 7.27. The first-order valence-electron chi connectivity index (χ1n) is 5.40. The van der Waals surface area contributed by atoms with Crippen LogP contribution in [0.1, 0.15) is 38.7 Å². The molecule has 1 aromatic rings. The van der Waals surface area contributed by atoms with Gasteiger partial charge >= 0.3 is 0 Å². The van der Waals surface area contributed by atoms with Crippen LogP contribution in [0.3, 0.4) is 0 Å². The van der Waals surface area contributed by atoms with Crippen LogP contribution in [0.2, 0.25) is 0 Å². The van der Waals surface area contributed by atoms with Crippen LogP contribution < -0.4 is 4.74 Å². The molecular formula is C14H18O. The zero-order valence-electron chi connectivity index (χ0n) is 9.71. The average Bonchev–Trinajstić information content (AvgIpc) is 2.29. The molecule has 0 saturated carbocycles. The summed E-state index contributed by atoms with van der Waals surface area (Å²) in [5.74, 6) is 7.19. The van der Waals surface area contributed by atoms with E-state index in [0.717, 1.165) is 5.75 Å². The van der Waals surface area contributed by atoms with Crippen LogP contribution in [-0.4, -0.2) is 6.61 Å². The second-order valence-electron chi connectivity index (χ2n) is 3.59. The molecule has 1 atom stereocenters. The second kappa shape index (κ2) is 6.14. The van der Waals surface area contributed by atoms with Crippen LogP contribution in [-0.2, 0) is 0 Å². The summed E-state index contributed by atoms with van der Waals surface area (Å²) in [4.78, 5) is 0. The van der Waals surface area contributed by atoms with Crippen LogP contribution in [0, 0.1) is 11.8 Å². The van der Waals surface area contributed by atoms with Gasteiger partial charge in [0.15, 0.2) is 0 Å². The van der Waals surface area contributed by atoms with Crippen LogP contribution in [0.25, 0.3) is 0 Å². The van der Waals surface area contributed by atoms with E-state index in [1.165, 1.54) is 12.0 Å². The number of benzene rings is 1.